The van der Waals surface area contributed by atoms with Crippen LogP contribution in [0, 0.1) is 12.7 Å². The molecule has 2 aromatic carbocycles. The lowest BCUT2D eigenvalue weighted by molar-refractivity contribution is -0.122. The molecule has 5 aromatic rings. The maximum Gasteiger partial charge on any atom is 0.266 e. The Kier molecular flexibility index (Phi) is 5.57. The molecule has 5 rings (SSSR count). The molecule has 0 radical (unpaired) electrons. The van der Waals surface area contributed by atoms with Gasteiger partial charge in [-0.2, -0.15) is 19.9 Å². The lowest BCUT2D eigenvalue weighted by atomic mass is 10.3. The van der Waals surface area contributed by atoms with Gasteiger partial charge in [0.2, 0.25) is 5.95 Å². The van der Waals surface area contributed by atoms with E-state index in [9.17, 15) is 14.0 Å². The van der Waals surface area contributed by atoms with Gasteiger partial charge in [-0.25, -0.2) is 9.07 Å². The number of ether oxygens (including phenoxy) is 1. The number of aromatic nitrogens is 6. The van der Waals surface area contributed by atoms with Gasteiger partial charge in [0.15, 0.2) is 11.8 Å². The number of amides is 1. The average Bonchev–Trinajstić information content (AvgIpc) is 3.44. The third-order valence-corrected chi connectivity index (χ3v) is 5.21. The summed E-state index contributed by atoms with van der Waals surface area (Å²) >= 11 is 0. The summed E-state index contributed by atoms with van der Waals surface area (Å²) in [6.45, 7) is 3.37. The molecule has 0 aliphatic rings. The Morgan fingerprint density at radius 3 is 2.60 bits per heavy atom. The molecular weight excluding hydrogens is 453 g/mol. The molecule has 0 bridgehead atoms. The van der Waals surface area contributed by atoms with E-state index in [0.717, 1.165) is 0 Å². The van der Waals surface area contributed by atoms with Crippen LogP contribution in [0.1, 0.15) is 12.6 Å². The first-order chi connectivity index (χ1) is 16.9. The number of aromatic amines is 1. The Morgan fingerprint density at radius 1 is 1.11 bits per heavy atom. The smallest absolute Gasteiger partial charge is 0.266 e. The summed E-state index contributed by atoms with van der Waals surface area (Å²) in [5.41, 5.74) is 0.931. The topological polar surface area (TPSA) is 120 Å². The van der Waals surface area contributed by atoms with Gasteiger partial charge in [-0.3, -0.25) is 14.6 Å². The Bertz CT molecular complexity index is 1570. The first-order valence-corrected chi connectivity index (χ1v) is 10.7. The van der Waals surface area contributed by atoms with Crippen LogP contribution in [0.15, 0.2) is 71.7 Å². The quantitative estimate of drug-likeness (QED) is 0.391. The molecule has 0 aliphatic heterocycles. The van der Waals surface area contributed by atoms with Crippen molar-refractivity contribution in [2.45, 2.75) is 20.0 Å². The van der Waals surface area contributed by atoms with Crippen molar-refractivity contribution in [1.29, 1.82) is 0 Å². The van der Waals surface area contributed by atoms with Gasteiger partial charge in [0.05, 0.1) is 17.6 Å². The number of rotatable bonds is 6. The minimum absolute atomic E-state index is 0.0754. The van der Waals surface area contributed by atoms with Gasteiger partial charge in [-0.15, -0.1) is 0 Å². The zero-order valence-electron chi connectivity index (χ0n) is 18.8. The van der Waals surface area contributed by atoms with Crippen molar-refractivity contribution < 1.29 is 13.9 Å². The predicted molar refractivity (Wildman–Crippen MR) is 126 cm³/mol. The third-order valence-electron chi connectivity index (χ3n) is 5.21. The van der Waals surface area contributed by atoms with Crippen molar-refractivity contribution >= 4 is 22.8 Å². The van der Waals surface area contributed by atoms with E-state index in [-0.39, 0.29) is 17.0 Å². The largest absolute Gasteiger partial charge is 0.481 e. The maximum atomic E-state index is 13.4. The lowest BCUT2D eigenvalue weighted by Gasteiger charge is -2.15. The zero-order chi connectivity index (χ0) is 24.5. The minimum Gasteiger partial charge on any atom is -0.481 e. The number of para-hydroxylation sites is 1. The normalized spacial score (nSPS) is 12.0. The number of hydrogen-bond acceptors (Lipinski definition) is 6. The molecule has 0 saturated carbocycles. The molecule has 3 heterocycles. The molecule has 2 N–H and O–H groups in total. The second-order valence-electron chi connectivity index (χ2n) is 7.80. The van der Waals surface area contributed by atoms with E-state index in [1.807, 2.05) is 18.2 Å². The van der Waals surface area contributed by atoms with E-state index in [0.29, 0.717) is 22.9 Å². The number of H-pyrrole nitrogens is 1. The second-order valence-corrected chi connectivity index (χ2v) is 7.80. The predicted octanol–water partition coefficient (Wildman–Crippen LogP) is 3.15. The molecule has 176 valence electrons. The van der Waals surface area contributed by atoms with Crippen LogP contribution in [0.2, 0.25) is 0 Å². The number of aryl methyl sites for hydroxylation is 1. The van der Waals surface area contributed by atoms with E-state index >= 15 is 0 Å². The number of anilines is 1. The molecule has 0 fully saturated rings. The Labute approximate surface area is 198 Å². The Hall–Kier alpha value is -4.80. The summed E-state index contributed by atoms with van der Waals surface area (Å²) in [6.07, 6.45) is 0.587. The van der Waals surface area contributed by atoms with Gasteiger partial charge < -0.3 is 10.1 Å². The van der Waals surface area contributed by atoms with E-state index in [1.165, 1.54) is 39.8 Å². The fourth-order valence-corrected chi connectivity index (χ4v) is 3.51. The highest BCUT2D eigenvalue weighted by Gasteiger charge is 2.20. The van der Waals surface area contributed by atoms with Crippen LogP contribution in [0.3, 0.4) is 0 Å². The first kappa shape index (κ1) is 22.0. The molecular formula is C24H20FN7O3. The van der Waals surface area contributed by atoms with E-state index < -0.39 is 23.4 Å². The lowest BCUT2D eigenvalue weighted by Crippen LogP contribution is -2.31. The van der Waals surface area contributed by atoms with Crippen molar-refractivity contribution in [3.63, 3.8) is 0 Å². The molecule has 1 amide bonds. The molecule has 0 spiro atoms. The molecule has 0 saturated heterocycles. The van der Waals surface area contributed by atoms with Crippen LogP contribution in [-0.2, 0) is 4.79 Å². The Morgan fingerprint density at radius 2 is 1.86 bits per heavy atom. The van der Waals surface area contributed by atoms with Crippen LogP contribution in [0.4, 0.5) is 10.2 Å². The number of halogens is 1. The third kappa shape index (κ3) is 4.38. The van der Waals surface area contributed by atoms with Crippen LogP contribution < -0.4 is 15.6 Å². The molecule has 0 aliphatic carbocycles. The van der Waals surface area contributed by atoms with Crippen molar-refractivity contribution in [3.05, 3.63) is 88.7 Å². The minimum atomic E-state index is -0.796. The van der Waals surface area contributed by atoms with E-state index in [1.54, 1.807) is 32.0 Å². The van der Waals surface area contributed by atoms with Crippen molar-refractivity contribution in [2.24, 2.45) is 0 Å². The zero-order valence-corrected chi connectivity index (χ0v) is 18.8. The summed E-state index contributed by atoms with van der Waals surface area (Å²) in [7, 11) is 0. The number of nitrogens with zero attached hydrogens (tertiary/aromatic N) is 5. The van der Waals surface area contributed by atoms with Gasteiger partial charge in [0.1, 0.15) is 22.8 Å². The SMILES string of the molecule is Cc1cc(NC(=O)[C@H](C)Oc2ccccc2)n(-c2nc3c(cnn3-c3ccc(F)cc3)c(=O)[nH]2)n1. The van der Waals surface area contributed by atoms with Gasteiger partial charge >= 0.3 is 0 Å². The fourth-order valence-electron chi connectivity index (χ4n) is 3.51. The summed E-state index contributed by atoms with van der Waals surface area (Å²) in [5, 5.41) is 11.6. The van der Waals surface area contributed by atoms with Gasteiger partial charge in [-0.1, -0.05) is 18.2 Å². The van der Waals surface area contributed by atoms with Crippen LogP contribution in [0.25, 0.3) is 22.7 Å². The second kappa shape index (κ2) is 8.86. The standard InChI is InChI=1S/C24H20FN7O3/c1-14-12-20(27-22(33)15(2)35-18-6-4-3-5-7-18)32(30-14)24-28-21-19(23(34)29-24)13-26-31(21)17-10-8-16(25)9-11-17/h3-13,15H,1-2H3,(H,27,33)(H,28,29,34)/t15-/m0/s1. The molecule has 1 atom stereocenters. The number of nitrogens with one attached hydrogen (secondary N) is 2. The summed E-state index contributed by atoms with van der Waals surface area (Å²) < 4.78 is 21.8. The highest BCUT2D eigenvalue weighted by Crippen LogP contribution is 2.19. The summed E-state index contributed by atoms with van der Waals surface area (Å²) in [5.74, 6) is 0.132. The molecule has 35 heavy (non-hydrogen) atoms. The van der Waals surface area contributed by atoms with E-state index in [4.69, 9.17) is 4.74 Å². The maximum absolute atomic E-state index is 13.4. The molecule has 3 aromatic heterocycles. The van der Waals surface area contributed by atoms with Crippen LogP contribution in [-0.4, -0.2) is 41.5 Å². The molecule has 10 nitrogen and oxygen atoms in total. The Balaban J connectivity index is 1.49. The fraction of sp³-hybridized carbons (Fsp3) is 0.125. The van der Waals surface area contributed by atoms with Gasteiger partial charge in [-0.05, 0) is 50.2 Å². The number of fused-ring (bicyclic) bond motifs is 1. The van der Waals surface area contributed by atoms with Crippen molar-refractivity contribution in [2.75, 3.05) is 5.32 Å². The number of carbonyl (C=O) groups excluding carboxylic acids is 1. The van der Waals surface area contributed by atoms with Crippen LogP contribution >= 0.6 is 0 Å². The van der Waals surface area contributed by atoms with E-state index in [2.05, 4.69) is 25.5 Å². The van der Waals surface area contributed by atoms with Crippen molar-refractivity contribution in [1.82, 2.24) is 29.5 Å². The highest BCUT2D eigenvalue weighted by atomic mass is 19.1. The first-order valence-electron chi connectivity index (χ1n) is 10.7. The number of benzene rings is 2. The van der Waals surface area contributed by atoms with Crippen LogP contribution in [0.5, 0.6) is 5.75 Å². The molecule has 11 heteroatoms. The number of carbonyl (C=O) groups is 1. The number of hydrogen-bond donors (Lipinski definition) is 2. The van der Waals surface area contributed by atoms with Gasteiger partial charge in [0.25, 0.3) is 11.5 Å². The summed E-state index contributed by atoms with van der Waals surface area (Å²) in [4.78, 5) is 32.8. The highest BCUT2D eigenvalue weighted by molar-refractivity contribution is 5.93. The average molecular weight is 473 g/mol. The van der Waals surface area contributed by atoms with Crippen molar-refractivity contribution in [3.8, 4) is 17.4 Å². The van der Waals surface area contributed by atoms with Gasteiger partial charge in [0, 0.05) is 6.07 Å². The monoisotopic (exact) mass is 473 g/mol. The molecule has 0 unspecified atom stereocenters. The summed E-state index contributed by atoms with van der Waals surface area (Å²) in [6, 6.07) is 16.3.